The summed E-state index contributed by atoms with van der Waals surface area (Å²) in [7, 11) is 0. The lowest BCUT2D eigenvalue weighted by Crippen LogP contribution is -2.56. The Kier molecular flexibility index (Phi) is 5.75. The average Bonchev–Trinajstić information content (AvgIpc) is 3.08. The quantitative estimate of drug-likeness (QED) is 0.753. The zero-order valence-corrected chi connectivity index (χ0v) is 18.7. The monoisotopic (exact) mass is 417 g/mol. The molecule has 164 valence electrons. The van der Waals surface area contributed by atoms with Gasteiger partial charge in [0.05, 0.1) is 0 Å². The third-order valence-corrected chi connectivity index (χ3v) is 8.08. The minimum absolute atomic E-state index is 0.0524. The summed E-state index contributed by atoms with van der Waals surface area (Å²) in [6, 6.07) is 19.7. The van der Waals surface area contributed by atoms with Gasteiger partial charge in [-0.15, -0.1) is 0 Å². The number of nitrogens with one attached hydrogen (secondary N) is 1. The molecule has 4 saturated heterocycles. The Morgan fingerprint density at radius 2 is 1.58 bits per heavy atom. The molecule has 0 radical (unpaired) electrons. The van der Waals surface area contributed by atoms with E-state index in [-0.39, 0.29) is 11.6 Å². The molecule has 6 rings (SSSR count). The average molecular weight is 418 g/mol. The number of rotatable bonds is 3. The number of nitrogens with zero attached hydrogens (tertiary/aromatic N) is 2. The molecule has 4 aliphatic rings. The Labute approximate surface area is 186 Å². The van der Waals surface area contributed by atoms with Crippen molar-refractivity contribution >= 4 is 6.03 Å². The van der Waals surface area contributed by atoms with E-state index in [9.17, 15) is 4.79 Å². The standard InChI is InChI=1S/C27H35N3O/c1-27(14-19-29-15-12-25(27)13-16-29)28-26(31)30-17-10-22(11-18-30)24-9-5-8-23(20-24)21-6-3-2-4-7-21/h2-9,20,22,25H,10-19H2,1H3,(H,28,31). The van der Waals surface area contributed by atoms with Crippen molar-refractivity contribution in [3.8, 4) is 11.1 Å². The largest absolute Gasteiger partial charge is 0.333 e. The lowest BCUT2D eigenvalue weighted by atomic mass is 9.79. The fourth-order valence-corrected chi connectivity index (χ4v) is 5.89. The van der Waals surface area contributed by atoms with Crippen molar-refractivity contribution in [2.45, 2.75) is 50.5 Å². The zero-order chi connectivity index (χ0) is 21.3. The highest BCUT2D eigenvalue weighted by Crippen LogP contribution is 2.36. The van der Waals surface area contributed by atoms with Gasteiger partial charge in [0.1, 0.15) is 0 Å². The fraction of sp³-hybridized carbons (Fsp3) is 0.519. The van der Waals surface area contributed by atoms with Crippen LogP contribution >= 0.6 is 0 Å². The number of piperidine rings is 2. The number of carbonyl (C=O) groups excluding carboxylic acids is 1. The van der Waals surface area contributed by atoms with Gasteiger partial charge in [0.25, 0.3) is 0 Å². The van der Waals surface area contributed by atoms with Crippen molar-refractivity contribution in [1.82, 2.24) is 15.1 Å². The van der Waals surface area contributed by atoms with Crippen LogP contribution in [0.25, 0.3) is 11.1 Å². The van der Waals surface area contributed by atoms with E-state index in [4.69, 9.17) is 0 Å². The molecular formula is C27H35N3O. The van der Waals surface area contributed by atoms with Crippen LogP contribution in [0.5, 0.6) is 0 Å². The van der Waals surface area contributed by atoms with Crippen molar-refractivity contribution in [1.29, 1.82) is 0 Å². The predicted molar refractivity (Wildman–Crippen MR) is 126 cm³/mol. The highest BCUT2D eigenvalue weighted by molar-refractivity contribution is 5.75. The Balaban J connectivity index is 1.20. The second-order valence-electron chi connectivity index (χ2n) is 9.97. The number of benzene rings is 2. The molecule has 0 aliphatic carbocycles. The van der Waals surface area contributed by atoms with Crippen LogP contribution in [0.1, 0.15) is 50.5 Å². The van der Waals surface area contributed by atoms with Crippen LogP contribution in [0.3, 0.4) is 0 Å². The van der Waals surface area contributed by atoms with Crippen LogP contribution in [-0.4, -0.2) is 54.1 Å². The van der Waals surface area contributed by atoms with E-state index in [2.05, 4.69) is 76.6 Å². The lowest BCUT2D eigenvalue weighted by molar-refractivity contribution is 0.146. The molecular weight excluding hydrogens is 382 g/mol. The number of hydrogen-bond acceptors (Lipinski definition) is 2. The van der Waals surface area contributed by atoms with Crippen LogP contribution in [0.4, 0.5) is 4.79 Å². The molecule has 31 heavy (non-hydrogen) atoms. The molecule has 2 amide bonds. The van der Waals surface area contributed by atoms with Crippen LogP contribution < -0.4 is 5.32 Å². The third kappa shape index (κ3) is 4.36. The van der Waals surface area contributed by atoms with Gasteiger partial charge in [-0.1, -0.05) is 54.6 Å². The zero-order valence-electron chi connectivity index (χ0n) is 18.7. The molecule has 1 atom stereocenters. The summed E-state index contributed by atoms with van der Waals surface area (Å²) in [5.74, 6) is 1.15. The summed E-state index contributed by atoms with van der Waals surface area (Å²) >= 11 is 0. The molecule has 0 saturated carbocycles. The summed E-state index contributed by atoms with van der Waals surface area (Å²) in [5, 5.41) is 3.48. The number of fused-ring (bicyclic) bond motifs is 4. The van der Waals surface area contributed by atoms with Gasteiger partial charge in [0.2, 0.25) is 0 Å². The number of hydrogen-bond donors (Lipinski definition) is 1. The molecule has 1 N–H and O–H groups in total. The first-order chi connectivity index (χ1) is 15.1. The summed E-state index contributed by atoms with van der Waals surface area (Å²) in [6.07, 6.45) is 5.60. The van der Waals surface area contributed by atoms with Gasteiger partial charge in [0, 0.05) is 25.2 Å². The molecule has 0 spiro atoms. The van der Waals surface area contributed by atoms with Gasteiger partial charge in [-0.05, 0) is 80.6 Å². The first-order valence-corrected chi connectivity index (χ1v) is 12.1. The first kappa shape index (κ1) is 20.6. The van der Waals surface area contributed by atoms with Gasteiger partial charge in [0.15, 0.2) is 0 Å². The molecule has 4 heterocycles. The fourth-order valence-electron chi connectivity index (χ4n) is 5.89. The Morgan fingerprint density at radius 1 is 0.871 bits per heavy atom. The third-order valence-electron chi connectivity index (χ3n) is 8.08. The molecule has 4 fully saturated rings. The first-order valence-electron chi connectivity index (χ1n) is 12.1. The van der Waals surface area contributed by atoms with E-state index in [0.717, 1.165) is 38.9 Å². The van der Waals surface area contributed by atoms with Gasteiger partial charge in [-0.25, -0.2) is 4.79 Å². The van der Waals surface area contributed by atoms with Gasteiger partial charge in [-0.2, -0.15) is 0 Å². The van der Waals surface area contributed by atoms with Crippen molar-refractivity contribution in [3.63, 3.8) is 0 Å². The molecule has 4 heteroatoms. The van der Waals surface area contributed by atoms with Crippen LogP contribution in [0, 0.1) is 5.92 Å². The molecule has 2 bridgehead atoms. The van der Waals surface area contributed by atoms with Crippen molar-refractivity contribution < 1.29 is 4.79 Å². The van der Waals surface area contributed by atoms with E-state index in [1.165, 1.54) is 42.6 Å². The number of urea groups is 1. The molecule has 2 aromatic rings. The summed E-state index contributed by atoms with van der Waals surface area (Å²) in [6.45, 7) is 7.49. The van der Waals surface area contributed by atoms with E-state index in [1.54, 1.807) is 0 Å². The topological polar surface area (TPSA) is 35.6 Å². The molecule has 2 aromatic carbocycles. The second kappa shape index (κ2) is 8.66. The van der Waals surface area contributed by atoms with Gasteiger partial charge in [-0.3, -0.25) is 0 Å². The van der Waals surface area contributed by atoms with Gasteiger partial charge < -0.3 is 15.1 Å². The lowest BCUT2D eigenvalue weighted by Gasteiger charge is -2.40. The van der Waals surface area contributed by atoms with Crippen molar-refractivity contribution in [2.75, 3.05) is 32.7 Å². The molecule has 4 nitrogen and oxygen atoms in total. The minimum Gasteiger partial charge on any atom is -0.333 e. The summed E-state index contributed by atoms with van der Waals surface area (Å²) < 4.78 is 0. The second-order valence-corrected chi connectivity index (χ2v) is 9.97. The van der Waals surface area contributed by atoms with Crippen LogP contribution in [0.15, 0.2) is 54.6 Å². The maximum Gasteiger partial charge on any atom is 0.317 e. The Hall–Kier alpha value is -2.33. The van der Waals surface area contributed by atoms with Crippen molar-refractivity contribution in [2.24, 2.45) is 5.92 Å². The van der Waals surface area contributed by atoms with Gasteiger partial charge >= 0.3 is 6.03 Å². The molecule has 1 unspecified atom stereocenters. The minimum atomic E-state index is -0.0524. The molecule has 4 aliphatic heterocycles. The summed E-state index contributed by atoms with van der Waals surface area (Å²) in [5.41, 5.74) is 3.90. The van der Waals surface area contributed by atoms with E-state index < -0.39 is 0 Å². The van der Waals surface area contributed by atoms with E-state index in [1.807, 2.05) is 0 Å². The van der Waals surface area contributed by atoms with Crippen LogP contribution in [-0.2, 0) is 0 Å². The normalized spacial score (nSPS) is 28.9. The van der Waals surface area contributed by atoms with E-state index in [0.29, 0.717) is 11.8 Å². The van der Waals surface area contributed by atoms with Crippen molar-refractivity contribution in [3.05, 3.63) is 60.2 Å². The highest BCUT2D eigenvalue weighted by Gasteiger charge is 2.41. The maximum absolute atomic E-state index is 13.1. The van der Waals surface area contributed by atoms with E-state index >= 15 is 0 Å². The molecule has 0 aromatic heterocycles. The Bertz CT molecular complexity index is 898. The SMILES string of the molecule is CC1(NC(=O)N2CCC(c3cccc(-c4ccccc4)c3)CC2)CCN2CCC1CC2. The maximum atomic E-state index is 13.1. The predicted octanol–water partition coefficient (Wildman–Crippen LogP) is 5.12. The number of likely N-dealkylation sites (tertiary alicyclic amines) is 1. The number of carbonyl (C=O) groups is 1. The highest BCUT2D eigenvalue weighted by atomic mass is 16.2. The smallest absolute Gasteiger partial charge is 0.317 e. The van der Waals surface area contributed by atoms with Crippen LogP contribution in [0.2, 0.25) is 0 Å². The Morgan fingerprint density at radius 3 is 2.32 bits per heavy atom. The number of amides is 2. The summed E-state index contributed by atoms with van der Waals surface area (Å²) in [4.78, 5) is 17.8.